The second kappa shape index (κ2) is 13.3. The lowest BCUT2D eigenvalue weighted by Gasteiger charge is -2.13. The third kappa shape index (κ3) is 5.36. The first-order chi connectivity index (χ1) is 28.7. The van der Waals surface area contributed by atoms with Crippen LogP contribution in [0.2, 0.25) is 0 Å². The Hall–Kier alpha value is -7.05. The van der Waals surface area contributed by atoms with E-state index in [0.717, 1.165) is 56.0 Å². The molecule has 3 nitrogen and oxygen atoms in total. The highest BCUT2D eigenvalue weighted by molar-refractivity contribution is 7.26. The molecule has 0 radical (unpaired) electrons. The van der Waals surface area contributed by atoms with Crippen molar-refractivity contribution in [2.45, 2.75) is 0 Å². The fourth-order valence-corrected chi connectivity index (χ4v) is 10.8. The summed E-state index contributed by atoms with van der Waals surface area (Å²) in [7, 11) is 0. The quantitative estimate of drug-likeness (QED) is 0.164. The van der Waals surface area contributed by atoms with E-state index < -0.39 is 0 Å². The van der Waals surface area contributed by atoms with Gasteiger partial charge in [-0.3, -0.25) is 0 Å². The Labute approximate surface area is 342 Å². The molecule has 12 aromatic rings. The second-order valence-electron chi connectivity index (χ2n) is 14.7. The van der Waals surface area contributed by atoms with E-state index >= 15 is 0 Å². The van der Waals surface area contributed by atoms with Gasteiger partial charge >= 0.3 is 0 Å². The fourth-order valence-electron chi connectivity index (χ4n) is 8.58. The van der Waals surface area contributed by atoms with Crippen LogP contribution in [0.4, 0.5) is 0 Å². The minimum atomic E-state index is 0.711. The van der Waals surface area contributed by atoms with Gasteiger partial charge in [0.05, 0.1) is 22.6 Å². The van der Waals surface area contributed by atoms with E-state index in [0.29, 0.717) is 5.82 Å². The summed E-state index contributed by atoms with van der Waals surface area (Å²) in [5.74, 6) is 0.711. The van der Waals surface area contributed by atoms with E-state index in [2.05, 4.69) is 170 Å². The van der Waals surface area contributed by atoms with Gasteiger partial charge in [-0.25, -0.2) is 15.0 Å². The van der Waals surface area contributed by atoms with Crippen LogP contribution < -0.4 is 0 Å². The van der Waals surface area contributed by atoms with Crippen molar-refractivity contribution in [1.82, 2.24) is 15.0 Å². The molecule has 4 aromatic heterocycles. The Kier molecular flexibility index (Phi) is 7.58. The minimum absolute atomic E-state index is 0.711. The first kappa shape index (κ1) is 33.1. The van der Waals surface area contributed by atoms with Crippen LogP contribution in [0.15, 0.2) is 188 Å². The van der Waals surface area contributed by atoms with Crippen molar-refractivity contribution in [1.29, 1.82) is 0 Å². The molecular weight excluding hydrogens is 743 g/mol. The minimum Gasteiger partial charge on any atom is -0.247 e. The highest BCUT2D eigenvalue weighted by atomic mass is 32.1. The van der Waals surface area contributed by atoms with Crippen LogP contribution in [0.5, 0.6) is 0 Å². The molecule has 0 aliphatic heterocycles. The Morgan fingerprint density at radius 1 is 0.310 bits per heavy atom. The smallest absolute Gasteiger partial charge is 0.160 e. The zero-order chi connectivity index (χ0) is 38.2. The molecule has 0 bridgehead atoms. The van der Waals surface area contributed by atoms with Crippen molar-refractivity contribution in [2.24, 2.45) is 0 Å². The molecule has 0 N–H and O–H groups in total. The number of aromatic nitrogens is 3. The molecule has 58 heavy (non-hydrogen) atoms. The fraction of sp³-hybridized carbons (Fsp3) is 0. The molecule has 4 heterocycles. The molecule has 0 aliphatic carbocycles. The van der Waals surface area contributed by atoms with Crippen molar-refractivity contribution in [3.63, 3.8) is 0 Å². The molecule has 0 spiro atoms. The van der Waals surface area contributed by atoms with E-state index in [-0.39, 0.29) is 0 Å². The largest absolute Gasteiger partial charge is 0.247 e. The summed E-state index contributed by atoms with van der Waals surface area (Å²) in [5.41, 5.74) is 10.3. The molecule has 0 fully saturated rings. The number of pyridine rings is 1. The molecule has 0 saturated heterocycles. The highest BCUT2D eigenvalue weighted by Crippen LogP contribution is 2.44. The maximum absolute atomic E-state index is 5.40. The van der Waals surface area contributed by atoms with E-state index in [1.54, 1.807) is 0 Å². The molecule has 0 atom stereocenters. The van der Waals surface area contributed by atoms with Gasteiger partial charge < -0.3 is 0 Å². The van der Waals surface area contributed by atoms with Gasteiger partial charge in [0, 0.05) is 78.8 Å². The topological polar surface area (TPSA) is 38.7 Å². The van der Waals surface area contributed by atoms with Crippen LogP contribution in [0.1, 0.15) is 0 Å². The van der Waals surface area contributed by atoms with E-state index in [4.69, 9.17) is 15.0 Å². The van der Waals surface area contributed by atoms with Crippen molar-refractivity contribution in [3.8, 4) is 56.3 Å². The van der Waals surface area contributed by atoms with Gasteiger partial charge in [-0.15, -0.1) is 22.7 Å². The monoisotopic (exact) mass is 773 g/mol. The summed E-state index contributed by atoms with van der Waals surface area (Å²) in [6.45, 7) is 0. The van der Waals surface area contributed by atoms with Crippen LogP contribution in [0.3, 0.4) is 0 Å². The van der Waals surface area contributed by atoms with Crippen LogP contribution in [-0.2, 0) is 0 Å². The summed E-state index contributed by atoms with van der Waals surface area (Å²) in [4.78, 5) is 15.8. The van der Waals surface area contributed by atoms with Crippen molar-refractivity contribution < 1.29 is 0 Å². The maximum atomic E-state index is 5.40. The van der Waals surface area contributed by atoms with Gasteiger partial charge in [0.2, 0.25) is 0 Å². The lowest BCUT2D eigenvalue weighted by Crippen LogP contribution is -1.96. The first-order valence-electron chi connectivity index (χ1n) is 19.4. The van der Waals surface area contributed by atoms with E-state index in [1.165, 1.54) is 56.5 Å². The SMILES string of the molecule is c1ccc(-c2nc(-c3ccc(-c4ccc5c(c4)nc(-c4ccccc4)c4ccc6sc7ccccc7c6c45)cc3)cc(-c3cccc4sc5ccccc5c34)n2)cc1. The Morgan fingerprint density at radius 2 is 0.897 bits per heavy atom. The summed E-state index contributed by atoms with van der Waals surface area (Å²) in [6.07, 6.45) is 0. The average Bonchev–Trinajstić information content (AvgIpc) is 3.88. The van der Waals surface area contributed by atoms with Gasteiger partial charge in [0.15, 0.2) is 5.82 Å². The summed E-state index contributed by atoms with van der Waals surface area (Å²) in [5, 5.41) is 8.70. The molecule has 270 valence electrons. The van der Waals surface area contributed by atoms with E-state index in [9.17, 15) is 0 Å². The van der Waals surface area contributed by atoms with Crippen molar-refractivity contribution in [2.75, 3.05) is 0 Å². The second-order valence-corrected chi connectivity index (χ2v) is 16.9. The van der Waals surface area contributed by atoms with Gasteiger partial charge in [-0.05, 0) is 47.5 Å². The van der Waals surface area contributed by atoms with Crippen LogP contribution in [0, 0.1) is 0 Å². The molecular formula is C53H31N3S2. The molecule has 8 aromatic carbocycles. The molecule has 0 aliphatic rings. The molecule has 0 saturated carbocycles. The standard InChI is InChI=1S/C53H31N3S2/c1-3-12-34(13-4-1)52-41-28-29-48-51(40-17-8-10-20-46(40)58-48)50(41)38-27-26-36(30-43(38)54-52)32-22-24-33(25-23-32)42-31-44(56-53(55-42)35-14-5-2-6-15-35)37-18-11-21-47-49(37)39-16-7-9-19-45(39)57-47/h1-31H. The molecule has 5 heteroatoms. The number of nitrogens with zero attached hydrogens (tertiary/aromatic N) is 3. The Balaban J connectivity index is 1.00. The number of rotatable bonds is 5. The van der Waals surface area contributed by atoms with Crippen LogP contribution in [0.25, 0.3) is 118 Å². The maximum Gasteiger partial charge on any atom is 0.160 e. The van der Waals surface area contributed by atoms with Gasteiger partial charge in [-0.2, -0.15) is 0 Å². The van der Waals surface area contributed by atoms with Gasteiger partial charge in [0.25, 0.3) is 0 Å². The molecule has 12 rings (SSSR count). The molecule has 0 unspecified atom stereocenters. The number of hydrogen-bond acceptors (Lipinski definition) is 5. The van der Waals surface area contributed by atoms with Crippen LogP contribution >= 0.6 is 22.7 Å². The average molecular weight is 774 g/mol. The summed E-state index contributed by atoms with van der Waals surface area (Å²) >= 11 is 3.68. The normalized spacial score (nSPS) is 11.8. The highest BCUT2D eigenvalue weighted by Gasteiger charge is 2.18. The zero-order valence-corrected chi connectivity index (χ0v) is 32.7. The third-order valence-electron chi connectivity index (χ3n) is 11.3. The first-order valence-corrected chi connectivity index (χ1v) is 21.1. The Bertz CT molecular complexity index is 3550. The van der Waals surface area contributed by atoms with Crippen LogP contribution in [-0.4, -0.2) is 15.0 Å². The van der Waals surface area contributed by atoms with Gasteiger partial charge in [0.1, 0.15) is 0 Å². The van der Waals surface area contributed by atoms with E-state index in [1.807, 2.05) is 40.9 Å². The third-order valence-corrected chi connectivity index (χ3v) is 13.6. The van der Waals surface area contributed by atoms with Gasteiger partial charge in [-0.1, -0.05) is 152 Å². The zero-order valence-electron chi connectivity index (χ0n) is 31.1. The number of thiophene rings is 2. The lowest BCUT2D eigenvalue weighted by molar-refractivity contribution is 1.19. The summed E-state index contributed by atoms with van der Waals surface area (Å²) < 4.78 is 5.13. The molecule has 0 amide bonds. The number of fused-ring (bicyclic) bond motifs is 10. The van der Waals surface area contributed by atoms with Crippen molar-refractivity contribution in [3.05, 3.63) is 188 Å². The van der Waals surface area contributed by atoms with Crippen molar-refractivity contribution >= 4 is 84.7 Å². The lowest BCUT2D eigenvalue weighted by atomic mass is 9.94. The predicted molar refractivity (Wildman–Crippen MR) is 248 cm³/mol. The number of hydrogen-bond donors (Lipinski definition) is 0. The predicted octanol–water partition coefficient (Wildman–Crippen LogP) is 15.2. The number of benzene rings is 8. The Morgan fingerprint density at radius 3 is 1.66 bits per heavy atom. The summed E-state index contributed by atoms with van der Waals surface area (Å²) in [6, 6.07) is 67.0.